The molecule has 1 heterocycles. The molecule has 8 heteroatoms. The van der Waals surface area contributed by atoms with Crippen LogP contribution >= 0.6 is 0 Å². The highest BCUT2D eigenvalue weighted by atomic mass is 16.5. The van der Waals surface area contributed by atoms with Crippen molar-refractivity contribution >= 4 is 34.6 Å². The van der Waals surface area contributed by atoms with Crippen molar-refractivity contribution in [2.24, 2.45) is 5.10 Å². The van der Waals surface area contributed by atoms with Crippen LogP contribution in [0.25, 0.3) is 10.9 Å². The van der Waals surface area contributed by atoms with Gasteiger partial charge in [-0.25, -0.2) is 5.43 Å². The summed E-state index contributed by atoms with van der Waals surface area (Å²) in [5.74, 6) is 0.435. The molecule has 0 aliphatic rings. The number of hydrazone groups is 1. The molecule has 3 aromatic carbocycles. The van der Waals surface area contributed by atoms with Crippen molar-refractivity contribution < 1.29 is 19.1 Å². The van der Waals surface area contributed by atoms with Gasteiger partial charge in [0.1, 0.15) is 17.0 Å². The van der Waals surface area contributed by atoms with Gasteiger partial charge in [0.2, 0.25) is 0 Å². The largest absolute Gasteiger partial charge is 0.484 e. The Hall–Kier alpha value is -4.72. The lowest BCUT2D eigenvalue weighted by Gasteiger charge is -2.08. The van der Waals surface area contributed by atoms with Crippen LogP contribution in [0.5, 0.6) is 11.5 Å². The second kappa shape index (κ2) is 11.4. The molecule has 0 radical (unpaired) electrons. The minimum Gasteiger partial charge on any atom is -0.484 e. The number of carbonyl (C=O) groups is 2. The van der Waals surface area contributed by atoms with Gasteiger partial charge in [-0.1, -0.05) is 35.9 Å². The number of nitrogens with one attached hydrogen (secondary N) is 2. The van der Waals surface area contributed by atoms with Gasteiger partial charge in [-0.3, -0.25) is 14.6 Å². The normalized spacial score (nSPS) is 10.8. The van der Waals surface area contributed by atoms with E-state index in [2.05, 4.69) is 20.8 Å². The quantitative estimate of drug-likeness (QED) is 0.285. The monoisotopic (exact) mass is 468 g/mol. The Morgan fingerprint density at radius 1 is 0.886 bits per heavy atom. The van der Waals surface area contributed by atoms with Crippen LogP contribution in [0.15, 0.2) is 90.2 Å². The highest BCUT2D eigenvalue weighted by Crippen LogP contribution is 2.22. The molecule has 35 heavy (non-hydrogen) atoms. The second-order valence-corrected chi connectivity index (χ2v) is 7.69. The van der Waals surface area contributed by atoms with E-state index in [4.69, 9.17) is 9.47 Å². The maximum atomic E-state index is 12.1. The van der Waals surface area contributed by atoms with Crippen molar-refractivity contribution in [1.82, 2.24) is 10.4 Å². The number of aromatic nitrogens is 1. The van der Waals surface area contributed by atoms with Crippen molar-refractivity contribution in [1.29, 1.82) is 0 Å². The number of para-hydroxylation sites is 1. The van der Waals surface area contributed by atoms with Crippen LogP contribution in [0.2, 0.25) is 0 Å². The lowest BCUT2D eigenvalue weighted by atomic mass is 10.2. The van der Waals surface area contributed by atoms with Crippen LogP contribution in [-0.4, -0.2) is 36.2 Å². The van der Waals surface area contributed by atoms with Gasteiger partial charge in [-0.05, 0) is 61.0 Å². The summed E-state index contributed by atoms with van der Waals surface area (Å²) in [6, 6.07) is 23.8. The Kier molecular flexibility index (Phi) is 7.65. The van der Waals surface area contributed by atoms with E-state index in [9.17, 15) is 9.59 Å². The van der Waals surface area contributed by atoms with Gasteiger partial charge in [0.25, 0.3) is 11.8 Å². The zero-order valence-electron chi connectivity index (χ0n) is 19.1. The highest BCUT2D eigenvalue weighted by molar-refractivity contribution is 5.92. The molecule has 0 saturated heterocycles. The fourth-order valence-corrected chi connectivity index (χ4v) is 3.18. The highest BCUT2D eigenvalue weighted by Gasteiger charge is 2.06. The van der Waals surface area contributed by atoms with Crippen molar-refractivity contribution in [3.8, 4) is 11.5 Å². The Morgan fingerprint density at radius 2 is 1.63 bits per heavy atom. The number of hydrogen-bond acceptors (Lipinski definition) is 6. The van der Waals surface area contributed by atoms with Crippen LogP contribution in [0.4, 0.5) is 5.69 Å². The van der Waals surface area contributed by atoms with Crippen LogP contribution in [0.3, 0.4) is 0 Å². The fraction of sp³-hybridized carbons (Fsp3) is 0.111. The smallest absolute Gasteiger partial charge is 0.277 e. The number of aryl methyl sites for hydroxylation is 1. The number of rotatable bonds is 9. The summed E-state index contributed by atoms with van der Waals surface area (Å²) in [4.78, 5) is 28.4. The predicted octanol–water partition coefficient (Wildman–Crippen LogP) is 4.09. The van der Waals surface area contributed by atoms with E-state index < -0.39 is 5.91 Å². The third-order valence-electron chi connectivity index (χ3n) is 4.94. The molecule has 176 valence electrons. The molecule has 0 aliphatic carbocycles. The average molecular weight is 469 g/mol. The lowest BCUT2D eigenvalue weighted by molar-refractivity contribution is -0.123. The summed E-state index contributed by atoms with van der Waals surface area (Å²) in [5.41, 5.74) is 5.72. The third kappa shape index (κ3) is 6.88. The maximum Gasteiger partial charge on any atom is 0.277 e. The van der Waals surface area contributed by atoms with E-state index >= 15 is 0 Å². The first-order valence-corrected chi connectivity index (χ1v) is 10.9. The third-order valence-corrected chi connectivity index (χ3v) is 4.94. The van der Waals surface area contributed by atoms with Gasteiger partial charge >= 0.3 is 0 Å². The van der Waals surface area contributed by atoms with Gasteiger partial charge in [0.05, 0.1) is 6.21 Å². The number of ether oxygens (including phenoxy) is 2. The zero-order chi connectivity index (χ0) is 24.5. The lowest BCUT2D eigenvalue weighted by Crippen LogP contribution is -2.24. The molecule has 2 amide bonds. The van der Waals surface area contributed by atoms with Gasteiger partial charge in [-0.15, -0.1) is 0 Å². The number of carbonyl (C=O) groups excluding carboxylic acids is 2. The maximum absolute atomic E-state index is 12.1. The number of pyridine rings is 1. The first kappa shape index (κ1) is 23.4. The molecule has 0 bridgehead atoms. The number of fused-ring (bicyclic) bond motifs is 1. The summed E-state index contributed by atoms with van der Waals surface area (Å²) in [6.45, 7) is 1.69. The molecule has 4 aromatic rings. The van der Waals surface area contributed by atoms with E-state index in [1.165, 1.54) is 6.21 Å². The van der Waals surface area contributed by atoms with Gasteiger partial charge in [0, 0.05) is 17.3 Å². The zero-order valence-corrected chi connectivity index (χ0v) is 19.1. The summed E-state index contributed by atoms with van der Waals surface area (Å²) >= 11 is 0. The number of anilines is 1. The Bertz CT molecular complexity index is 1330. The topological polar surface area (TPSA) is 102 Å². The second-order valence-electron chi connectivity index (χ2n) is 7.69. The fourth-order valence-electron chi connectivity index (χ4n) is 3.18. The van der Waals surface area contributed by atoms with Crippen molar-refractivity contribution in [3.05, 3.63) is 96.2 Å². The average Bonchev–Trinajstić information content (AvgIpc) is 2.88. The summed E-state index contributed by atoms with van der Waals surface area (Å²) in [6.07, 6.45) is 3.18. The number of nitrogens with zero attached hydrogens (tertiary/aromatic N) is 2. The number of amides is 2. The van der Waals surface area contributed by atoms with Crippen LogP contribution < -0.4 is 20.2 Å². The SMILES string of the molecule is Cc1ccc(NC(=O)COc2ccc(/C=N\NC(=O)COc3cccc4cccnc34)cc2)cc1. The molecule has 0 saturated carbocycles. The molecule has 1 aromatic heterocycles. The summed E-state index contributed by atoms with van der Waals surface area (Å²) in [5, 5.41) is 7.66. The van der Waals surface area contributed by atoms with E-state index in [0.29, 0.717) is 17.0 Å². The minimum atomic E-state index is -0.395. The van der Waals surface area contributed by atoms with Crippen LogP contribution in [-0.2, 0) is 9.59 Å². The van der Waals surface area contributed by atoms with Crippen molar-refractivity contribution in [2.75, 3.05) is 18.5 Å². The van der Waals surface area contributed by atoms with Crippen molar-refractivity contribution in [2.45, 2.75) is 6.92 Å². The number of hydrogen-bond donors (Lipinski definition) is 2. The molecular formula is C27H24N4O4. The molecule has 0 unspecified atom stereocenters. The summed E-state index contributed by atoms with van der Waals surface area (Å²) in [7, 11) is 0. The first-order chi connectivity index (χ1) is 17.1. The molecule has 0 aliphatic heterocycles. The van der Waals surface area contributed by atoms with E-state index in [1.54, 1.807) is 36.5 Å². The van der Waals surface area contributed by atoms with E-state index in [-0.39, 0.29) is 19.1 Å². The first-order valence-electron chi connectivity index (χ1n) is 10.9. The van der Waals surface area contributed by atoms with Crippen molar-refractivity contribution in [3.63, 3.8) is 0 Å². The summed E-state index contributed by atoms with van der Waals surface area (Å²) < 4.78 is 11.1. The molecule has 0 fully saturated rings. The molecule has 2 N–H and O–H groups in total. The van der Waals surface area contributed by atoms with Gasteiger partial charge in [0.15, 0.2) is 13.2 Å². The molecule has 0 atom stereocenters. The molecule has 4 rings (SSSR count). The van der Waals surface area contributed by atoms with E-state index in [0.717, 1.165) is 22.2 Å². The Labute approximate surface area is 202 Å². The number of benzene rings is 3. The predicted molar refractivity (Wildman–Crippen MR) is 135 cm³/mol. The molecule has 0 spiro atoms. The van der Waals surface area contributed by atoms with Crippen LogP contribution in [0, 0.1) is 6.92 Å². The Morgan fingerprint density at radius 3 is 2.43 bits per heavy atom. The molecular weight excluding hydrogens is 444 g/mol. The minimum absolute atomic E-state index is 0.108. The van der Waals surface area contributed by atoms with Gasteiger partial charge < -0.3 is 14.8 Å². The Balaban J connectivity index is 1.20. The standard InChI is InChI=1S/C27H24N4O4/c1-19-7-11-22(12-8-19)30-25(32)17-34-23-13-9-20(10-14-23)16-29-31-26(33)18-35-24-6-2-4-21-5-3-15-28-27(21)24/h2-16H,17-18H2,1H3,(H,30,32)(H,31,33)/b29-16-. The van der Waals surface area contributed by atoms with Gasteiger partial charge in [-0.2, -0.15) is 5.10 Å². The van der Waals surface area contributed by atoms with Crippen LogP contribution in [0.1, 0.15) is 11.1 Å². The van der Waals surface area contributed by atoms with E-state index in [1.807, 2.05) is 55.5 Å². The molecule has 8 nitrogen and oxygen atoms in total.